The minimum atomic E-state index is -0.554. The minimum Gasteiger partial charge on any atom is -0.490 e. The molecule has 8 heteroatoms. The summed E-state index contributed by atoms with van der Waals surface area (Å²) < 4.78 is 12.1. The lowest BCUT2D eigenvalue weighted by molar-refractivity contribution is -0.132. The number of likely N-dealkylation sites (tertiary alicyclic amines) is 1. The van der Waals surface area contributed by atoms with Gasteiger partial charge in [0.05, 0.1) is 17.7 Å². The van der Waals surface area contributed by atoms with Crippen molar-refractivity contribution in [3.8, 4) is 17.7 Å². The minimum absolute atomic E-state index is 0.0514. The molecule has 2 N–H and O–H groups in total. The van der Waals surface area contributed by atoms with Gasteiger partial charge in [0.2, 0.25) is 11.8 Å². The molecule has 3 atom stereocenters. The van der Waals surface area contributed by atoms with E-state index >= 15 is 0 Å². The van der Waals surface area contributed by atoms with Crippen LogP contribution in [0.4, 0.5) is 0 Å². The van der Waals surface area contributed by atoms with Crippen LogP contribution in [0.2, 0.25) is 0 Å². The Morgan fingerprint density at radius 1 is 1.37 bits per heavy atom. The Morgan fingerprint density at radius 3 is 2.80 bits per heavy atom. The van der Waals surface area contributed by atoms with E-state index in [4.69, 9.17) is 20.5 Å². The zero-order chi connectivity index (χ0) is 21.4. The lowest BCUT2D eigenvalue weighted by atomic mass is 10.0. The molecule has 156 valence electrons. The van der Waals surface area contributed by atoms with E-state index in [1.807, 2.05) is 19.9 Å². The topological polar surface area (TPSA) is 119 Å². The van der Waals surface area contributed by atoms with Crippen molar-refractivity contribution in [3.63, 3.8) is 0 Å². The summed E-state index contributed by atoms with van der Waals surface area (Å²) >= 11 is 0. The number of benzene rings is 1. The van der Waals surface area contributed by atoms with Gasteiger partial charge < -0.3 is 20.1 Å². The molecular formula is C22H24N4O4. The standard InChI is InChI=1S/C22H24N4O4/c1-12(2)29-19-10-16-13(8-17(19)21(24)28)4-6-25-22(16)30-18-9-15-7-14(18)11-26(15)20(27)3-5-23/h4,6,8,10,12,14-15,18H,3,7,9,11H2,1-2H3,(H2,24,28)/t14-,15+,18-/m0/s1. The van der Waals surface area contributed by atoms with E-state index in [0.29, 0.717) is 30.2 Å². The molecule has 0 unspecified atom stereocenters. The van der Waals surface area contributed by atoms with Crippen molar-refractivity contribution >= 4 is 22.6 Å². The van der Waals surface area contributed by atoms with Gasteiger partial charge in [-0.1, -0.05) is 0 Å². The van der Waals surface area contributed by atoms with Crippen molar-refractivity contribution in [2.75, 3.05) is 6.54 Å². The van der Waals surface area contributed by atoms with Gasteiger partial charge in [0, 0.05) is 36.5 Å². The monoisotopic (exact) mass is 408 g/mol. The summed E-state index contributed by atoms with van der Waals surface area (Å²) in [6.45, 7) is 4.36. The lowest BCUT2D eigenvalue weighted by Gasteiger charge is -2.31. The van der Waals surface area contributed by atoms with Crippen LogP contribution in [0.25, 0.3) is 10.8 Å². The largest absolute Gasteiger partial charge is 0.490 e. The van der Waals surface area contributed by atoms with Gasteiger partial charge in [-0.25, -0.2) is 4.98 Å². The molecule has 2 bridgehead atoms. The number of fused-ring (bicyclic) bond motifs is 3. The number of piperidine rings is 1. The SMILES string of the molecule is CC(C)Oc1cc2c(O[C@H]3C[C@H]4C[C@H]3CN4C(=O)CC#N)nccc2cc1C(N)=O. The van der Waals surface area contributed by atoms with Gasteiger partial charge in [-0.2, -0.15) is 5.26 Å². The van der Waals surface area contributed by atoms with Gasteiger partial charge in [-0.05, 0) is 43.9 Å². The number of nitriles is 1. The molecule has 2 aliphatic rings. The summed E-state index contributed by atoms with van der Waals surface area (Å²) in [7, 11) is 0. The summed E-state index contributed by atoms with van der Waals surface area (Å²) in [5.41, 5.74) is 5.85. The fraction of sp³-hybridized carbons (Fsp3) is 0.455. The van der Waals surface area contributed by atoms with Crippen molar-refractivity contribution < 1.29 is 19.1 Å². The van der Waals surface area contributed by atoms with Crippen LogP contribution in [-0.4, -0.2) is 46.5 Å². The number of nitrogens with zero attached hydrogens (tertiary/aromatic N) is 3. The van der Waals surface area contributed by atoms with Crippen LogP contribution in [-0.2, 0) is 4.79 Å². The van der Waals surface area contributed by atoms with E-state index in [9.17, 15) is 9.59 Å². The quantitative estimate of drug-likeness (QED) is 0.784. The van der Waals surface area contributed by atoms with Crippen molar-refractivity contribution in [3.05, 3.63) is 30.0 Å². The van der Waals surface area contributed by atoms with Crippen LogP contribution in [0.15, 0.2) is 24.4 Å². The Hall–Kier alpha value is -3.34. The third-order valence-corrected chi connectivity index (χ3v) is 5.75. The highest BCUT2D eigenvalue weighted by molar-refractivity contribution is 6.01. The summed E-state index contributed by atoms with van der Waals surface area (Å²) in [5.74, 6) is 0.433. The van der Waals surface area contributed by atoms with E-state index < -0.39 is 5.91 Å². The van der Waals surface area contributed by atoms with E-state index in [0.717, 1.165) is 17.2 Å². The number of amides is 2. The summed E-state index contributed by atoms with van der Waals surface area (Å²) in [4.78, 5) is 30.2. The fourth-order valence-electron chi connectivity index (χ4n) is 4.48. The second-order valence-electron chi connectivity index (χ2n) is 8.14. The number of primary amides is 1. The first-order valence-electron chi connectivity index (χ1n) is 10.1. The first kappa shape index (κ1) is 20.0. The predicted molar refractivity (Wildman–Crippen MR) is 109 cm³/mol. The normalized spacial score (nSPS) is 22.3. The van der Waals surface area contributed by atoms with E-state index in [-0.39, 0.29) is 36.5 Å². The van der Waals surface area contributed by atoms with Crippen LogP contribution in [0.5, 0.6) is 11.6 Å². The van der Waals surface area contributed by atoms with E-state index in [1.165, 1.54) is 0 Å². The Labute approximate surface area is 174 Å². The number of hydrogen-bond donors (Lipinski definition) is 1. The number of hydrogen-bond acceptors (Lipinski definition) is 6. The predicted octanol–water partition coefficient (Wildman–Crippen LogP) is 2.40. The van der Waals surface area contributed by atoms with Gasteiger partial charge in [0.1, 0.15) is 18.3 Å². The molecule has 1 aromatic heterocycles. The van der Waals surface area contributed by atoms with Gasteiger partial charge >= 0.3 is 0 Å². The number of pyridine rings is 1. The van der Waals surface area contributed by atoms with Gasteiger partial charge in [-0.15, -0.1) is 0 Å². The Balaban J connectivity index is 1.59. The van der Waals surface area contributed by atoms with Crippen LogP contribution < -0.4 is 15.2 Å². The van der Waals surface area contributed by atoms with E-state index in [2.05, 4.69) is 4.98 Å². The van der Waals surface area contributed by atoms with Gasteiger partial charge in [-0.3, -0.25) is 9.59 Å². The summed E-state index contributed by atoms with van der Waals surface area (Å²) in [6, 6.07) is 7.30. The third kappa shape index (κ3) is 3.63. The second-order valence-corrected chi connectivity index (χ2v) is 8.14. The van der Waals surface area contributed by atoms with Gasteiger partial charge in [0.25, 0.3) is 5.91 Å². The molecular weight excluding hydrogens is 384 g/mol. The molecule has 1 saturated carbocycles. The van der Waals surface area contributed by atoms with E-state index in [1.54, 1.807) is 29.3 Å². The van der Waals surface area contributed by atoms with Crippen molar-refractivity contribution in [2.24, 2.45) is 11.7 Å². The van der Waals surface area contributed by atoms with Crippen molar-refractivity contribution in [1.29, 1.82) is 5.26 Å². The Bertz CT molecular complexity index is 1050. The number of ether oxygens (including phenoxy) is 2. The first-order chi connectivity index (χ1) is 14.4. The highest BCUT2D eigenvalue weighted by Crippen LogP contribution is 2.41. The highest BCUT2D eigenvalue weighted by atomic mass is 16.5. The molecule has 0 spiro atoms. The number of rotatable bonds is 6. The highest BCUT2D eigenvalue weighted by Gasteiger charge is 2.47. The molecule has 4 rings (SSSR count). The molecule has 2 heterocycles. The Morgan fingerprint density at radius 2 is 2.17 bits per heavy atom. The van der Waals surface area contributed by atoms with Crippen LogP contribution in [0, 0.1) is 17.2 Å². The average Bonchev–Trinajstić information content (AvgIpc) is 3.28. The first-order valence-corrected chi connectivity index (χ1v) is 10.1. The number of nitrogens with two attached hydrogens (primary N) is 1. The van der Waals surface area contributed by atoms with Crippen molar-refractivity contribution in [1.82, 2.24) is 9.88 Å². The molecule has 2 aromatic rings. The average molecular weight is 408 g/mol. The summed E-state index contributed by atoms with van der Waals surface area (Å²) in [5, 5.41) is 10.3. The van der Waals surface area contributed by atoms with Crippen LogP contribution >= 0.6 is 0 Å². The number of carbonyl (C=O) groups is 2. The number of carbonyl (C=O) groups excluding carboxylic acids is 2. The fourth-order valence-corrected chi connectivity index (χ4v) is 4.48. The summed E-state index contributed by atoms with van der Waals surface area (Å²) in [6.07, 6.45) is 2.98. The third-order valence-electron chi connectivity index (χ3n) is 5.75. The number of aromatic nitrogens is 1. The maximum atomic E-state index is 12.1. The molecule has 1 aromatic carbocycles. The van der Waals surface area contributed by atoms with Gasteiger partial charge in [0.15, 0.2) is 0 Å². The molecule has 8 nitrogen and oxygen atoms in total. The molecule has 30 heavy (non-hydrogen) atoms. The molecule has 2 amide bonds. The Kier molecular flexibility index (Phi) is 5.20. The van der Waals surface area contributed by atoms with Crippen molar-refractivity contribution in [2.45, 2.75) is 51.4 Å². The van der Waals surface area contributed by atoms with Crippen LogP contribution in [0.1, 0.15) is 43.5 Å². The molecule has 0 radical (unpaired) electrons. The molecule has 1 aliphatic heterocycles. The zero-order valence-electron chi connectivity index (χ0n) is 17.0. The maximum absolute atomic E-state index is 12.1. The molecule has 2 fully saturated rings. The zero-order valence-corrected chi connectivity index (χ0v) is 17.0. The maximum Gasteiger partial charge on any atom is 0.252 e. The van der Waals surface area contributed by atoms with Crippen LogP contribution in [0.3, 0.4) is 0 Å². The second kappa shape index (κ2) is 7.82. The molecule has 1 saturated heterocycles. The molecule has 1 aliphatic carbocycles. The smallest absolute Gasteiger partial charge is 0.252 e. The lowest BCUT2D eigenvalue weighted by Crippen LogP contribution is -2.43.